The number of hydrogen-bond donors (Lipinski definition) is 1. The van der Waals surface area contributed by atoms with Gasteiger partial charge in [-0.05, 0) is 6.07 Å². The summed E-state index contributed by atoms with van der Waals surface area (Å²) >= 11 is 0. The third kappa shape index (κ3) is 3.43. The van der Waals surface area contributed by atoms with Gasteiger partial charge in [-0.3, -0.25) is 14.4 Å². The topological polar surface area (TPSA) is 73.5 Å². The summed E-state index contributed by atoms with van der Waals surface area (Å²) in [5, 5.41) is 0.736. The Labute approximate surface area is 146 Å². The van der Waals surface area contributed by atoms with Gasteiger partial charge in [0.25, 0.3) is 5.91 Å². The number of aromatic nitrogens is 1. The zero-order valence-corrected chi connectivity index (χ0v) is 14.8. The molecule has 0 aliphatic carbocycles. The number of hydrogen-bond acceptors (Lipinski definition) is 3. The molecule has 1 fully saturated rings. The number of piperazine rings is 1. The fourth-order valence-electron chi connectivity index (χ4n) is 3.14. The van der Waals surface area contributed by atoms with Gasteiger partial charge in [-0.25, -0.2) is 0 Å². The number of aromatic amines is 1. The molecule has 0 unspecified atom stereocenters. The third-order valence-corrected chi connectivity index (χ3v) is 4.48. The molecule has 132 valence electrons. The Kier molecular flexibility index (Phi) is 4.37. The highest BCUT2D eigenvalue weighted by molar-refractivity contribution is 6.06. The molecule has 1 aliphatic heterocycles. The van der Waals surface area contributed by atoms with Gasteiger partial charge >= 0.3 is 0 Å². The van der Waals surface area contributed by atoms with Crippen LogP contribution in [0.2, 0.25) is 0 Å². The van der Waals surface area contributed by atoms with E-state index < -0.39 is 5.41 Å². The second-order valence-electron chi connectivity index (χ2n) is 7.43. The average Bonchev–Trinajstić information content (AvgIpc) is 2.59. The largest absolute Gasteiger partial charge is 0.339 e. The third-order valence-electron chi connectivity index (χ3n) is 4.48. The first-order chi connectivity index (χ1) is 11.8. The van der Waals surface area contributed by atoms with E-state index in [1.807, 2.05) is 39.0 Å². The van der Waals surface area contributed by atoms with E-state index in [4.69, 9.17) is 0 Å². The molecule has 1 saturated heterocycles. The average molecular weight is 341 g/mol. The van der Waals surface area contributed by atoms with Crippen LogP contribution in [0.4, 0.5) is 0 Å². The predicted molar refractivity (Wildman–Crippen MR) is 96.5 cm³/mol. The Hall–Kier alpha value is -2.63. The van der Waals surface area contributed by atoms with Gasteiger partial charge in [0.15, 0.2) is 0 Å². The fourth-order valence-corrected chi connectivity index (χ4v) is 3.14. The Balaban J connectivity index is 1.80. The smallest absolute Gasteiger partial charge is 0.254 e. The molecule has 2 heterocycles. The lowest BCUT2D eigenvalue weighted by Crippen LogP contribution is -2.53. The minimum Gasteiger partial charge on any atom is -0.339 e. The van der Waals surface area contributed by atoms with Gasteiger partial charge in [0.1, 0.15) is 0 Å². The highest BCUT2D eigenvalue weighted by atomic mass is 16.2. The van der Waals surface area contributed by atoms with Gasteiger partial charge in [-0.2, -0.15) is 0 Å². The number of rotatable bonds is 1. The highest BCUT2D eigenvalue weighted by Gasteiger charge is 2.31. The Morgan fingerprint density at radius 1 is 1.00 bits per heavy atom. The summed E-state index contributed by atoms with van der Waals surface area (Å²) < 4.78 is 0. The number of H-pyrrole nitrogens is 1. The number of benzene rings is 1. The molecule has 25 heavy (non-hydrogen) atoms. The number of nitrogens with one attached hydrogen (secondary N) is 1. The molecule has 6 nitrogen and oxygen atoms in total. The van der Waals surface area contributed by atoms with Crippen molar-refractivity contribution < 1.29 is 9.59 Å². The van der Waals surface area contributed by atoms with Gasteiger partial charge < -0.3 is 14.8 Å². The van der Waals surface area contributed by atoms with Crippen molar-refractivity contribution in [1.82, 2.24) is 14.8 Å². The van der Waals surface area contributed by atoms with E-state index >= 15 is 0 Å². The van der Waals surface area contributed by atoms with Crippen LogP contribution in [0.1, 0.15) is 31.1 Å². The number of fused-ring (bicyclic) bond motifs is 1. The van der Waals surface area contributed by atoms with Crippen LogP contribution in [0, 0.1) is 5.41 Å². The van der Waals surface area contributed by atoms with Crippen LogP contribution in [0.5, 0.6) is 0 Å². The van der Waals surface area contributed by atoms with Crippen LogP contribution < -0.4 is 5.56 Å². The molecule has 1 N–H and O–H groups in total. The van der Waals surface area contributed by atoms with E-state index in [-0.39, 0.29) is 17.4 Å². The molecule has 1 aromatic carbocycles. The van der Waals surface area contributed by atoms with E-state index in [0.717, 1.165) is 5.39 Å². The summed E-state index contributed by atoms with van der Waals surface area (Å²) in [6.45, 7) is 7.68. The lowest BCUT2D eigenvalue weighted by molar-refractivity contribution is -0.140. The number of amides is 2. The molecule has 0 bridgehead atoms. The van der Waals surface area contributed by atoms with Crippen LogP contribution in [-0.4, -0.2) is 52.8 Å². The van der Waals surface area contributed by atoms with Crippen LogP contribution in [0.25, 0.3) is 10.9 Å². The summed E-state index contributed by atoms with van der Waals surface area (Å²) in [5.74, 6) is -0.0636. The predicted octanol–water partition coefficient (Wildman–Crippen LogP) is 1.86. The monoisotopic (exact) mass is 341 g/mol. The second-order valence-corrected chi connectivity index (χ2v) is 7.43. The lowest BCUT2D eigenvalue weighted by Gasteiger charge is -2.37. The van der Waals surface area contributed by atoms with Gasteiger partial charge in [0.05, 0.1) is 5.56 Å². The van der Waals surface area contributed by atoms with Crippen molar-refractivity contribution in [2.24, 2.45) is 5.41 Å². The van der Waals surface area contributed by atoms with Crippen molar-refractivity contribution in [2.75, 3.05) is 26.2 Å². The van der Waals surface area contributed by atoms with Crippen molar-refractivity contribution in [3.63, 3.8) is 0 Å². The molecule has 0 atom stereocenters. The number of para-hydroxylation sites is 1. The standard InChI is InChI=1S/C19H23N3O3/c1-19(2,3)18(25)22-10-8-21(9-11-22)17(24)14-12-16(23)20-15-7-5-4-6-13(14)15/h4-7,12H,8-11H2,1-3H3,(H,20,23). The molecule has 0 saturated carbocycles. The van der Waals surface area contributed by atoms with Gasteiger partial charge in [-0.1, -0.05) is 39.0 Å². The maximum Gasteiger partial charge on any atom is 0.254 e. The number of carbonyl (C=O) groups excluding carboxylic acids is 2. The first-order valence-corrected chi connectivity index (χ1v) is 8.48. The molecule has 2 amide bonds. The molecular weight excluding hydrogens is 318 g/mol. The van der Waals surface area contributed by atoms with Gasteiger partial charge in [-0.15, -0.1) is 0 Å². The maximum atomic E-state index is 12.9. The quantitative estimate of drug-likeness (QED) is 0.860. The van der Waals surface area contributed by atoms with Crippen molar-refractivity contribution in [2.45, 2.75) is 20.8 Å². The van der Waals surface area contributed by atoms with E-state index in [0.29, 0.717) is 37.3 Å². The van der Waals surface area contributed by atoms with Crippen LogP contribution in [-0.2, 0) is 4.79 Å². The Morgan fingerprint density at radius 2 is 1.60 bits per heavy atom. The Bertz CT molecular complexity index is 871. The van der Waals surface area contributed by atoms with Crippen LogP contribution in [0.15, 0.2) is 35.1 Å². The zero-order chi connectivity index (χ0) is 18.2. The second kappa shape index (κ2) is 6.35. The molecule has 2 aromatic rings. The van der Waals surface area contributed by atoms with E-state index in [9.17, 15) is 14.4 Å². The van der Waals surface area contributed by atoms with Crippen molar-refractivity contribution in [1.29, 1.82) is 0 Å². The summed E-state index contributed by atoms with van der Waals surface area (Å²) in [4.78, 5) is 43.4. The van der Waals surface area contributed by atoms with E-state index in [1.165, 1.54) is 6.07 Å². The van der Waals surface area contributed by atoms with Crippen molar-refractivity contribution in [3.8, 4) is 0 Å². The fraction of sp³-hybridized carbons (Fsp3) is 0.421. The van der Waals surface area contributed by atoms with E-state index in [1.54, 1.807) is 15.9 Å². The molecular formula is C19H23N3O3. The number of carbonyl (C=O) groups is 2. The number of nitrogens with zero attached hydrogens (tertiary/aromatic N) is 2. The molecule has 0 radical (unpaired) electrons. The Morgan fingerprint density at radius 3 is 2.24 bits per heavy atom. The first kappa shape index (κ1) is 17.2. The minimum absolute atomic E-state index is 0.0983. The molecule has 1 aliphatic rings. The summed E-state index contributed by atoms with van der Waals surface area (Å²) in [7, 11) is 0. The summed E-state index contributed by atoms with van der Waals surface area (Å²) in [5.41, 5.74) is 0.355. The normalized spacial score (nSPS) is 15.5. The van der Waals surface area contributed by atoms with E-state index in [2.05, 4.69) is 4.98 Å². The summed E-state index contributed by atoms with van der Waals surface area (Å²) in [6.07, 6.45) is 0. The summed E-state index contributed by atoms with van der Waals surface area (Å²) in [6, 6.07) is 8.64. The molecule has 6 heteroatoms. The molecule has 1 aromatic heterocycles. The van der Waals surface area contributed by atoms with Gasteiger partial charge in [0.2, 0.25) is 11.5 Å². The van der Waals surface area contributed by atoms with Gasteiger partial charge in [0, 0.05) is 48.6 Å². The van der Waals surface area contributed by atoms with Crippen molar-refractivity contribution in [3.05, 3.63) is 46.2 Å². The maximum absolute atomic E-state index is 12.9. The number of pyridine rings is 1. The SMILES string of the molecule is CC(C)(C)C(=O)N1CCN(C(=O)c2cc(=O)[nH]c3ccccc23)CC1. The molecule has 3 rings (SSSR count). The van der Waals surface area contributed by atoms with Crippen LogP contribution >= 0.6 is 0 Å². The van der Waals surface area contributed by atoms with Crippen molar-refractivity contribution >= 4 is 22.7 Å². The highest BCUT2D eigenvalue weighted by Crippen LogP contribution is 2.20. The zero-order valence-electron chi connectivity index (χ0n) is 14.8. The van der Waals surface area contributed by atoms with Crippen LogP contribution in [0.3, 0.4) is 0 Å². The lowest BCUT2D eigenvalue weighted by atomic mass is 9.94. The molecule has 0 spiro atoms. The minimum atomic E-state index is -0.422. The first-order valence-electron chi connectivity index (χ1n) is 8.48.